The maximum absolute atomic E-state index is 12.0. The Bertz CT molecular complexity index is 617. The fourth-order valence-corrected chi connectivity index (χ4v) is 2.16. The smallest absolute Gasteiger partial charge is 0.317 e. The first-order valence-electron chi connectivity index (χ1n) is 7.68. The van der Waals surface area contributed by atoms with Crippen molar-refractivity contribution in [2.45, 2.75) is 13.5 Å². The highest BCUT2D eigenvalue weighted by molar-refractivity contribution is 5.74. The third-order valence-electron chi connectivity index (χ3n) is 3.36. The lowest BCUT2D eigenvalue weighted by Gasteiger charge is -2.20. The van der Waals surface area contributed by atoms with Crippen LogP contribution in [0.5, 0.6) is 11.5 Å². The Kier molecular flexibility index (Phi) is 6.44. The fraction of sp³-hybridized carbons (Fsp3) is 0.278. The van der Waals surface area contributed by atoms with Gasteiger partial charge in [-0.15, -0.1) is 0 Å². The van der Waals surface area contributed by atoms with Gasteiger partial charge in [0.25, 0.3) is 0 Å². The molecule has 0 aromatic heterocycles. The van der Waals surface area contributed by atoms with Crippen molar-refractivity contribution in [3.8, 4) is 11.5 Å². The van der Waals surface area contributed by atoms with Gasteiger partial charge in [-0.1, -0.05) is 30.3 Å². The highest BCUT2D eigenvalue weighted by Gasteiger charge is 2.10. The number of likely N-dealkylation sites (N-methyl/N-ethyl adjacent to an activating group) is 1. The Morgan fingerprint density at radius 2 is 1.87 bits per heavy atom. The predicted molar refractivity (Wildman–Crippen MR) is 89.5 cm³/mol. The number of amides is 2. The molecule has 5 heteroatoms. The maximum atomic E-state index is 12.0. The fourth-order valence-electron chi connectivity index (χ4n) is 2.16. The number of carbonyl (C=O) groups excluding carboxylic acids is 1. The predicted octanol–water partition coefficient (Wildman–Crippen LogP) is 3.00. The molecule has 0 aliphatic heterocycles. The van der Waals surface area contributed by atoms with Gasteiger partial charge in [0.1, 0.15) is 11.5 Å². The van der Waals surface area contributed by atoms with Crippen molar-refractivity contribution < 1.29 is 14.6 Å². The van der Waals surface area contributed by atoms with E-state index in [2.05, 4.69) is 5.32 Å². The first kappa shape index (κ1) is 16.8. The van der Waals surface area contributed by atoms with Gasteiger partial charge in [0.15, 0.2) is 0 Å². The molecule has 0 fully saturated rings. The molecule has 0 heterocycles. The quantitative estimate of drug-likeness (QED) is 0.826. The van der Waals surface area contributed by atoms with E-state index >= 15 is 0 Å². The molecule has 0 unspecified atom stereocenters. The van der Waals surface area contributed by atoms with Crippen molar-refractivity contribution >= 4 is 6.03 Å². The molecule has 0 aliphatic rings. The van der Waals surface area contributed by atoms with E-state index < -0.39 is 0 Å². The van der Waals surface area contributed by atoms with Crippen LogP contribution in [0.2, 0.25) is 0 Å². The lowest BCUT2D eigenvalue weighted by atomic mass is 10.2. The number of hydrogen-bond donors (Lipinski definition) is 2. The molecule has 2 amide bonds. The molecule has 0 bridgehead atoms. The lowest BCUT2D eigenvalue weighted by Crippen LogP contribution is -2.41. The van der Waals surface area contributed by atoms with Crippen LogP contribution in [-0.2, 0) is 6.54 Å². The zero-order valence-electron chi connectivity index (χ0n) is 13.2. The van der Waals surface area contributed by atoms with Gasteiger partial charge in [0.2, 0.25) is 0 Å². The molecule has 0 spiro atoms. The Balaban J connectivity index is 1.93. The molecule has 2 N–H and O–H groups in total. The zero-order chi connectivity index (χ0) is 16.5. The van der Waals surface area contributed by atoms with E-state index in [-0.39, 0.29) is 12.6 Å². The summed E-state index contributed by atoms with van der Waals surface area (Å²) in [4.78, 5) is 13.5. The van der Waals surface area contributed by atoms with Crippen LogP contribution < -0.4 is 10.1 Å². The number of nitrogens with zero attached hydrogens (tertiary/aromatic N) is 1. The van der Waals surface area contributed by atoms with Crippen molar-refractivity contribution in [2.75, 3.05) is 19.7 Å². The van der Waals surface area contributed by atoms with Crippen LogP contribution in [0, 0.1) is 0 Å². The van der Waals surface area contributed by atoms with Gasteiger partial charge in [-0.05, 0) is 36.8 Å². The minimum absolute atomic E-state index is 0.0400. The average molecular weight is 314 g/mol. The number of urea groups is 1. The van der Waals surface area contributed by atoms with Crippen LogP contribution in [0.3, 0.4) is 0 Å². The molecule has 2 aromatic carbocycles. The summed E-state index contributed by atoms with van der Waals surface area (Å²) in [5.41, 5.74) is 0.951. The van der Waals surface area contributed by atoms with Gasteiger partial charge in [-0.25, -0.2) is 4.79 Å². The van der Waals surface area contributed by atoms with E-state index in [4.69, 9.17) is 9.84 Å². The monoisotopic (exact) mass is 314 g/mol. The van der Waals surface area contributed by atoms with E-state index in [0.717, 1.165) is 17.1 Å². The minimum Gasteiger partial charge on any atom is -0.457 e. The first-order valence-corrected chi connectivity index (χ1v) is 7.68. The summed E-state index contributed by atoms with van der Waals surface area (Å²) < 4.78 is 5.78. The van der Waals surface area contributed by atoms with Gasteiger partial charge >= 0.3 is 6.03 Å². The standard InChI is InChI=1S/C18H22N2O3/c1-2-20(11-12-21)18(22)19-14-15-7-6-10-17(13-15)23-16-8-4-3-5-9-16/h3-10,13,21H,2,11-12,14H2,1H3,(H,19,22). The van der Waals surface area contributed by atoms with Crippen molar-refractivity contribution in [1.82, 2.24) is 10.2 Å². The first-order chi connectivity index (χ1) is 11.2. The molecule has 0 aliphatic carbocycles. The third-order valence-corrected chi connectivity index (χ3v) is 3.36. The lowest BCUT2D eigenvalue weighted by molar-refractivity contribution is 0.180. The Labute approximate surface area is 136 Å². The molecule has 0 radical (unpaired) electrons. The van der Waals surface area contributed by atoms with Gasteiger partial charge in [-0.3, -0.25) is 0 Å². The number of nitrogens with one attached hydrogen (secondary N) is 1. The van der Waals surface area contributed by atoms with Crippen LogP contribution in [0.1, 0.15) is 12.5 Å². The maximum Gasteiger partial charge on any atom is 0.317 e. The molecule has 2 aromatic rings. The number of carbonyl (C=O) groups is 1. The summed E-state index contributed by atoms with van der Waals surface area (Å²) in [5.74, 6) is 1.50. The highest BCUT2D eigenvalue weighted by Crippen LogP contribution is 2.21. The van der Waals surface area contributed by atoms with Gasteiger partial charge in [0, 0.05) is 19.6 Å². The van der Waals surface area contributed by atoms with Gasteiger partial charge in [0.05, 0.1) is 6.61 Å². The summed E-state index contributed by atoms with van der Waals surface area (Å²) in [7, 11) is 0. The summed E-state index contributed by atoms with van der Waals surface area (Å²) in [6.45, 7) is 3.14. The SMILES string of the molecule is CCN(CCO)C(=O)NCc1cccc(Oc2ccccc2)c1. The van der Waals surface area contributed by atoms with E-state index in [0.29, 0.717) is 19.6 Å². The number of ether oxygens (including phenoxy) is 1. The summed E-state index contributed by atoms with van der Waals surface area (Å²) in [6.07, 6.45) is 0. The van der Waals surface area contributed by atoms with Crippen molar-refractivity contribution in [2.24, 2.45) is 0 Å². The van der Waals surface area contributed by atoms with Crippen LogP contribution in [0.25, 0.3) is 0 Å². The zero-order valence-corrected chi connectivity index (χ0v) is 13.2. The summed E-state index contributed by atoms with van der Waals surface area (Å²) >= 11 is 0. The number of benzene rings is 2. The second-order valence-corrected chi connectivity index (χ2v) is 5.02. The van der Waals surface area contributed by atoms with E-state index in [1.54, 1.807) is 4.90 Å². The Hall–Kier alpha value is -2.53. The molecule has 0 saturated carbocycles. The second kappa shape index (κ2) is 8.80. The van der Waals surface area contributed by atoms with Gasteiger partial charge in [-0.2, -0.15) is 0 Å². The van der Waals surface area contributed by atoms with E-state index in [1.165, 1.54) is 0 Å². The topological polar surface area (TPSA) is 61.8 Å². The van der Waals surface area contributed by atoms with E-state index in [9.17, 15) is 4.79 Å². The molecule has 23 heavy (non-hydrogen) atoms. The molecular formula is C18H22N2O3. The van der Waals surface area contributed by atoms with Crippen LogP contribution in [0.4, 0.5) is 4.79 Å². The van der Waals surface area contributed by atoms with Crippen LogP contribution >= 0.6 is 0 Å². The second-order valence-electron chi connectivity index (χ2n) is 5.02. The largest absolute Gasteiger partial charge is 0.457 e. The average Bonchev–Trinajstić information content (AvgIpc) is 2.59. The summed E-state index contributed by atoms with van der Waals surface area (Å²) in [6, 6.07) is 17.0. The number of aliphatic hydroxyl groups excluding tert-OH is 1. The molecular weight excluding hydrogens is 292 g/mol. The van der Waals surface area contributed by atoms with Crippen LogP contribution in [0.15, 0.2) is 54.6 Å². The minimum atomic E-state index is -0.184. The molecule has 2 rings (SSSR count). The van der Waals surface area contributed by atoms with Crippen molar-refractivity contribution in [1.29, 1.82) is 0 Å². The summed E-state index contributed by atoms with van der Waals surface area (Å²) in [5, 5.41) is 11.8. The number of rotatable bonds is 7. The third kappa shape index (κ3) is 5.30. The number of para-hydroxylation sites is 1. The van der Waals surface area contributed by atoms with E-state index in [1.807, 2.05) is 61.5 Å². The Morgan fingerprint density at radius 1 is 1.13 bits per heavy atom. The highest BCUT2D eigenvalue weighted by atomic mass is 16.5. The van der Waals surface area contributed by atoms with Crippen LogP contribution in [-0.4, -0.2) is 35.7 Å². The molecule has 122 valence electrons. The molecule has 0 atom stereocenters. The van der Waals surface area contributed by atoms with Gasteiger partial charge < -0.3 is 20.1 Å². The Morgan fingerprint density at radius 3 is 2.57 bits per heavy atom. The normalized spacial score (nSPS) is 10.2. The van der Waals surface area contributed by atoms with Crippen molar-refractivity contribution in [3.05, 3.63) is 60.2 Å². The molecule has 0 saturated heterocycles. The van der Waals surface area contributed by atoms with Crippen molar-refractivity contribution in [3.63, 3.8) is 0 Å². The number of aliphatic hydroxyl groups is 1. The molecule has 5 nitrogen and oxygen atoms in total. The number of hydrogen-bond acceptors (Lipinski definition) is 3.